The van der Waals surface area contributed by atoms with Gasteiger partial charge in [0.15, 0.2) is 5.78 Å². The van der Waals surface area contributed by atoms with Crippen molar-refractivity contribution in [2.45, 2.75) is 51.7 Å². The third kappa shape index (κ3) is 7.91. The van der Waals surface area contributed by atoms with Gasteiger partial charge in [-0.2, -0.15) is 0 Å². The Bertz CT molecular complexity index is 685. The van der Waals surface area contributed by atoms with Gasteiger partial charge in [-0.15, -0.1) is 0 Å². The highest BCUT2D eigenvalue weighted by atomic mass is 16.6. The number of hydrogen-bond donors (Lipinski definition) is 2. The third-order valence-corrected chi connectivity index (χ3v) is 5.65. The number of esters is 1. The molecule has 2 saturated heterocycles. The molecule has 32 heavy (non-hydrogen) atoms. The summed E-state index contributed by atoms with van der Waals surface area (Å²) in [5.41, 5.74) is 1.82. The van der Waals surface area contributed by atoms with E-state index in [0.717, 1.165) is 18.5 Å². The zero-order valence-corrected chi connectivity index (χ0v) is 19.2. The minimum absolute atomic E-state index is 0.00245. The molecule has 0 aliphatic carbocycles. The summed E-state index contributed by atoms with van der Waals surface area (Å²) in [6.07, 6.45) is 2.09. The maximum atomic E-state index is 12.2. The molecule has 0 radical (unpaired) electrons. The van der Waals surface area contributed by atoms with E-state index in [0.29, 0.717) is 43.7 Å². The molecular weight excluding hydrogens is 412 g/mol. The standard InChI is InChI=1S/C24H36N2O6/c1-15(2)20(27)7-6-8-25-17(5)11-18-13-31-23-19(14-32-22(18)23)12-21(28)26-9-10-30-24(29)16(3)4/h18-19,22-23,25H,1,3,5-14H2,2,4H3,(H,26,28). The molecule has 0 aromatic carbocycles. The predicted octanol–water partition coefficient (Wildman–Crippen LogP) is 2.06. The molecule has 2 aliphatic rings. The highest BCUT2D eigenvalue weighted by molar-refractivity contribution is 5.94. The fourth-order valence-electron chi connectivity index (χ4n) is 3.89. The lowest BCUT2D eigenvalue weighted by Crippen LogP contribution is -2.33. The number of carbonyl (C=O) groups is 3. The maximum Gasteiger partial charge on any atom is 0.333 e. The number of fused-ring (bicyclic) bond motifs is 1. The molecule has 2 N–H and O–H groups in total. The van der Waals surface area contributed by atoms with Crippen molar-refractivity contribution in [1.29, 1.82) is 0 Å². The summed E-state index contributed by atoms with van der Waals surface area (Å²) < 4.78 is 16.9. The summed E-state index contributed by atoms with van der Waals surface area (Å²) >= 11 is 0. The summed E-state index contributed by atoms with van der Waals surface area (Å²) in [5, 5.41) is 6.04. The van der Waals surface area contributed by atoms with Gasteiger partial charge in [0.05, 0.1) is 32.0 Å². The van der Waals surface area contributed by atoms with Crippen LogP contribution in [0.5, 0.6) is 0 Å². The van der Waals surface area contributed by atoms with E-state index >= 15 is 0 Å². The topological polar surface area (TPSA) is 103 Å². The summed E-state index contributed by atoms with van der Waals surface area (Å²) in [7, 11) is 0. The molecule has 8 heteroatoms. The Morgan fingerprint density at radius 1 is 0.906 bits per heavy atom. The van der Waals surface area contributed by atoms with E-state index in [1.165, 1.54) is 0 Å². The second-order valence-corrected chi connectivity index (χ2v) is 8.63. The summed E-state index contributed by atoms with van der Waals surface area (Å²) in [5.74, 6) is -0.308. The zero-order valence-electron chi connectivity index (χ0n) is 19.2. The van der Waals surface area contributed by atoms with Crippen LogP contribution in [0.3, 0.4) is 0 Å². The fraction of sp³-hybridized carbons (Fsp3) is 0.625. The average Bonchev–Trinajstić information content (AvgIpc) is 3.31. The van der Waals surface area contributed by atoms with Crippen LogP contribution in [0.1, 0.15) is 39.5 Å². The van der Waals surface area contributed by atoms with Crippen LogP contribution in [0, 0.1) is 11.8 Å². The summed E-state index contributed by atoms with van der Waals surface area (Å²) in [4.78, 5) is 35.1. The fourth-order valence-corrected chi connectivity index (χ4v) is 3.89. The van der Waals surface area contributed by atoms with Crippen molar-refractivity contribution >= 4 is 17.7 Å². The Morgan fingerprint density at radius 2 is 1.53 bits per heavy atom. The molecule has 1 amide bonds. The van der Waals surface area contributed by atoms with Crippen molar-refractivity contribution in [1.82, 2.24) is 10.6 Å². The number of ketones is 1. The second kappa shape index (κ2) is 12.6. The average molecular weight is 449 g/mol. The Hall–Kier alpha value is -2.45. The molecule has 178 valence electrons. The van der Waals surface area contributed by atoms with Crippen LogP contribution in [0.15, 0.2) is 36.6 Å². The molecular formula is C24H36N2O6. The molecule has 8 nitrogen and oxygen atoms in total. The SMILES string of the molecule is C=C(CC1COC2C(CC(=O)NCCOC(=O)C(=C)C)COC12)NCCCC(=O)C(=C)C. The van der Waals surface area contributed by atoms with Gasteiger partial charge in [-0.05, 0) is 32.3 Å². The monoisotopic (exact) mass is 448 g/mol. The minimum atomic E-state index is -0.465. The van der Waals surface area contributed by atoms with Gasteiger partial charge in [-0.1, -0.05) is 19.7 Å². The molecule has 4 atom stereocenters. The summed E-state index contributed by atoms with van der Waals surface area (Å²) in [6.45, 7) is 16.7. The Balaban J connectivity index is 1.65. The molecule has 4 unspecified atom stereocenters. The Labute approximate surface area is 190 Å². The number of carbonyl (C=O) groups excluding carboxylic acids is 3. The van der Waals surface area contributed by atoms with Gasteiger partial charge in [0.1, 0.15) is 6.61 Å². The number of nitrogens with one attached hydrogen (secondary N) is 2. The van der Waals surface area contributed by atoms with E-state index < -0.39 is 5.97 Å². The molecule has 2 heterocycles. The van der Waals surface area contributed by atoms with Crippen molar-refractivity contribution in [2.75, 3.05) is 32.9 Å². The van der Waals surface area contributed by atoms with Crippen molar-refractivity contribution in [2.24, 2.45) is 11.8 Å². The lowest BCUT2D eigenvalue weighted by Gasteiger charge is -2.18. The van der Waals surface area contributed by atoms with Gasteiger partial charge in [-0.3, -0.25) is 9.59 Å². The third-order valence-electron chi connectivity index (χ3n) is 5.65. The van der Waals surface area contributed by atoms with Crippen LogP contribution in [0.4, 0.5) is 0 Å². The van der Waals surface area contributed by atoms with Crippen molar-refractivity contribution in [3.63, 3.8) is 0 Å². The number of Topliss-reactive ketones (excluding diaryl/α,β-unsaturated/α-hetero) is 1. The van der Waals surface area contributed by atoms with Gasteiger partial charge in [0.25, 0.3) is 0 Å². The summed E-state index contributed by atoms with van der Waals surface area (Å²) in [6, 6.07) is 0. The Kier molecular flexibility index (Phi) is 10.1. The van der Waals surface area contributed by atoms with Crippen LogP contribution in [-0.2, 0) is 28.6 Å². The number of hydrogen-bond acceptors (Lipinski definition) is 7. The maximum absolute atomic E-state index is 12.2. The molecule has 0 aromatic rings. The minimum Gasteiger partial charge on any atom is -0.460 e. The first-order valence-electron chi connectivity index (χ1n) is 11.1. The zero-order chi connectivity index (χ0) is 23.7. The highest BCUT2D eigenvalue weighted by Crippen LogP contribution is 2.38. The van der Waals surface area contributed by atoms with E-state index in [1.54, 1.807) is 13.8 Å². The van der Waals surface area contributed by atoms with Crippen LogP contribution in [-0.4, -0.2) is 62.8 Å². The van der Waals surface area contributed by atoms with E-state index in [2.05, 4.69) is 30.4 Å². The number of amides is 1. The first kappa shape index (κ1) is 25.8. The highest BCUT2D eigenvalue weighted by Gasteiger charge is 2.47. The first-order valence-corrected chi connectivity index (χ1v) is 11.1. The lowest BCUT2D eigenvalue weighted by molar-refractivity contribution is -0.139. The first-order chi connectivity index (χ1) is 15.2. The molecule has 0 spiro atoms. The van der Waals surface area contributed by atoms with Gasteiger partial charge >= 0.3 is 5.97 Å². The van der Waals surface area contributed by atoms with Gasteiger partial charge in [-0.25, -0.2) is 4.79 Å². The molecule has 0 saturated carbocycles. The van der Waals surface area contributed by atoms with Crippen LogP contribution in [0.2, 0.25) is 0 Å². The second-order valence-electron chi connectivity index (χ2n) is 8.63. The largest absolute Gasteiger partial charge is 0.460 e. The molecule has 0 aromatic heterocycles. The van der Waals surface area contributed by atoms with Crippen LogP contribution in [0.25, 0.3) is 0 Å². The van der Waals surface area contributed by atoms with Crippen LogP contribution < -0.4 is 10.6 Å². The number of allylic oxidation sites excluding steroid dienone is 2. The van der Waals surface area contributed by atoms with Crippen molar-refractivity contribution < 1.29 is 28.6 Å². The predicted molar refractivity (Wildman–Crippen MR) is 121 cm³/mol. The van der Waals surface area contributed by atoms with Gasteiger partial charge in [0.2, 0.25) is 5.91 Å². The van der Waals surface area contributed by atoms with E-state index in [4.69, 9.17) is 14.2 Å². The van der Waals surface area contributed by atoms with Crippen molar-refractivity contribution in [3.8, 4) is 0 Å². The smallest absolute Gasteiger partial charge is 0.333 e. The van der Waals surface area contributed by atoms with E-state index in [-0.39, 0.29) is 48.9 Å². The number of ether oxygens (including phenoxy) is 3. The van der Waals surface area contributed by atoms with Crippen molar-refractivity contribution in [3.05, 3.63) is 36.6 Å². The molecule has 2 fully saturated rings. The van der Waals surface area contributed by atoms with Crippen LogP contribution >= 0.6 is 0 Å². The van der Waals surface area contributed by atoms with E-state index in [9.17, 15) is 14.4 Å². The normalized spacial score (nSPS) is 23.8. The quantitative estimate of drug-likeness (QED) is 0.238. The van der Waals surface area contributed by atoms with Gasteiger partial charge < -0.3 is 24.8 Å². The molecule has 2 aliphatic heterocycles. The molecule has 2 rings (SSSR count). The molecule has 0 bridgehead atoms. The Morgan fingerprint density at radius 3 is 2.12 bits per heavy atom. The lowest BCUT2D eigenvalue weighted by atomic mass is 9.91. The van der Waals surface area contributed by atoms with Gasteiger partial charge in [0, 0.05) is 42.5 Å². The van der Waals surface area contributed by atoms with E-state index in [1.807, 2.05) is 0 Å². The number of rotatable bonds is 14.